The summed E-state index contributed by atoms with van der Waals surface area (Å²) in [4.78, 5) is 27.1. The van der Waals surface area contributed by atoms with E-state index >= 15 is 0 Å². The molecule has 1 atom stereocenters. The zero-order valence-electron chi connectivity index (χ0n) is 17.5. The van der Waals surface area contributed by atoms with Crippen molar-refractivity contribution in [3.63, 3.8) is 0 Å². The summed E-state index contributed by atoms with van der Waals surface area (Å²) in [7, 11) is 0. The molecule has 0 saturated carbocycles. The lowest BCUT2D eigenvalue weighted by molar-refractivity contribution is -0.142. The lowest BCUT2D eigenvalue weighted by Crippen LogP contribution is -2.49. The van der Waals surface area contributed by atoms with Crippen molar-refractivity contribution in [2.24, 2.45) is 0 Å². The van der Waals surface area contributed by atoms with Gasteiger partial charge >= 0.3 is 0 Å². The lowest BCUT2D eigenvalue weighted by Gasteiger charge is -2.29. The molecule has 0 unspecified atom stereocenters. The van der Waals surface area contributed by atoms with Crippen LogP contribution in [0.1, 0.15) is 37.0 Å². The van der Waals surface area contributed by atoms with Gasteiger partial charge in [0.1, 0.15) is 11.8 Å². The second-order valence-corrected chi connectivity index (χ2v) is 8.09. The summed E-state index contributed by atoms with van der Waals surface area (Å²) in [6.45, 7) is 8.50. The summed E-state index contributed by atoms with van der Waals surface area (Å²) < 4.78 is 6.70. The molecule has 1 N–H and O–H groups in total. The maximum Gasteiger partial charge on any atom is 0.261 e. The highest BCUT2D eigenvalue weighted by atomic mass is 79.9. The van der Waals surface area contributed by atoms with Crippen LogP contribution in [0.5, 0.6) is 5.75 Å². The van der Waals surface area contributed by atoms with Crippen molar-refractivity contribution in [1.82, 2.24) is 10.2 Å². The molecule has 29 heavy (non-hydrogen) atoms. The molecular weight excluding hydrogens is 432 g/mol. The number of rotatable bonds is 9. The van der Waals surface area contributed by atoms with E-state index in [0.717, 1.165) is 27.6 Å². The molecule has 0 radical (unpaired) electrons. The normalized spacial score (nSPS) is 11.6. The fourth-order valence-corrected chi connectivity index (χ4v) is 3.44. The molecule has 0 aromatic heterocycles. The molecular formula is C23H29BrN2O3. The largest absolute Gasteiger partial charge is 0.483 e. The molecule has 156 valence electrons. The van der Waals surface area contributed by atoms with Crippen LogP contribution in [0.15, 0.2) is 46.9 Å². The van der Waals surface area contributed by atoms with Crippen LogP contribution in [-0.4, -0.2) is 35.9 Å². The molecule has 0 fully saturated rings. The van der Waals surface area contributed by atoms with Gasteiger partial charge in [0, 0.05) is 17.6 Å². The van der Waals surface area contributed by atoms with Gasteiger partial charge in [-0.2, -0.15) is 0 Å². The molecule has 0 aliphatic carbocycles. The van der Waals surface area contributed by atoms with Crippen LogP contribution < -0.4 is 10.1 Å². The van der Waals surface area contributed by atoms with Crippen LogP contribution in [0.4, 0.5) is 0 Å². The van der Waals surface area contributed by atoms with E-state index < -0.39 is 6.04 Å². The highest BCUT2D eigenvalue weighted by Gasteiger charge is 2.26. The highest BCUT2D eigenvalue weighted by molar-refractivity contribution is 9.10. The summed E-state index contributed by atoms with van der Waals surface area (Å²) in [6.07, 6.45) is 0.841. The Morgan fingerprint density at radius 3 is 2.59 bits per heavy atom. The SMILES string of the molecule is CCCNC(=O)[C@@H](C)N(Cc1cccc(Br)c1)C(=O)COc1ccc(C)cc1C. The predicted molar refractivity (Wildman–Crippen MR) is 119 cm³/mol. The van der Waals surface area contributed by atoms with Gasteiger partial charge in [-0.1, -0.05) is 52.7 Å². The smallest absolute Gasteiger partial charge is 0.261 e. The molecule has 2 rings (SSSR count). The van der Waals surface area contributed by atoms with E-state index in [-0.39, 0.29) is 18.4 Å². The van der Waals surface area contributed by atoms with E-state index in [4.69, 9.17) is 4.74 Å². The van der Waals surface area contributed by atoms with Gasteiger partial charge < -0.3 is 15.0 Å². The fraction of sp³-hybridized carbons (Fsp3) is 0.391. The Morgan fingerprint density at radius 1 is 1.17 bits per heavy atom. The van der Waals surface area contributed by atoms with Gasteiger partial charge in [0.25, 0.3) is 5.91 Å². The number of halogens is 1. The standard InChI is InChI=1S/C23H29BrN2O3/c1-5-11-25-23(28)18(4)26(14-19-7-6-8-20(24)13-19)22(27)15-29-21-10-9-16(2)12-17(21)3/h6-10,12-13,18H,5,11,14-15H2,1-4H3,(H,25,28)/t18-/m1/s1. The number of benzene rings is 2. The highest BCUT2D eigenvalue weighted by Crippen LogP contribution is 2.20. The Kier molecular flexibility index (Phi) is 8.70. The molecule has 2 aromatic carbocycles. The maximum atomic E-state index is 13.0. The number of hydrogen-bond acceptors (Lipinski definition) is 3. The van der Waals surface area contributed by atoms with Gasteiger partial charge in [-0.3, -0.25) is 9.59 Å². The van der Waals surface area contributed by atoms with Crippen molar-refractivity contribution in [2.45, 2.75) is 46.7 Å². The van der Waals surface area contributed by atoms with Gasteiger partial charge in [0.15, 0.2) is 6.61 Å². The second kappa shape index (κ2) is 11.0. The quantitative estimate of drug-likeness (QED) is 0.603. The average molecular weight is 461 g/mol. The van der Waals surface area contributed by atoms with Crippen molar-refractivity contribution in [3.05, 3.63) is 63.6 Å². The van der Waals surface area contributed by atoms with Gasteiger partial charge in [0.2, 0.25) is 5.91 Å². The first-order chi connectivity index (χ1) is 13.8. The topological polar surface area (TPSA) is 58.6 Å². The van der Waals surface area contributed by atoms with E-state index in [1.165, 1.54) is 0 Å². The maximum absolute atomic E-state index is 13.0. The zero-order chi connectivity index (χ0) is 21.4. The van der Waals surface area contributed by atoms with Crippen molar-refractivity contribution >= 4 is 27.7 Å². The van der Waals surface area contributed by atoms with Crippen LogP contribution in [0.3, 0.4) is 0 Å². The van der Waals surface area contributed by atoms with Crippen LogP contribution in [0, 0.1) is 13.8 Å². The Labute approximate surface area is 181 Å². The molecule has 0 spiro atoms. The predicted octanol–water partition coefficient (Wildman–Crippen LogP) is 4.39. The van der Waals surface area contributed by atoms with E-state index in [1.807, 2.05) is 63.2 Å². The van der Waals surface area contributed by atoms with Gasteiger partial charge in [-0.15, -0.1) is 0 Å². The lowest BCUT2D eigenvalue weighted by atomic mass is 10.1. The molecule has 0 heterocycles. The summed E-state index contributed by atoms with van der Waals surface area (Å²) in [5.74, 6) is 0.278. The minimum absolute atomic E-state index is 0.122. The van der Waals surface area contributed by atoms with E-state index in [2.05, 4.69) is 21.2 Å². The van der Waals surface area contributed by atoms with Gasteiger partial charge in [-0.25, -0.2) is 0 Å². The fourth-order valence-electron chi connectivity index (χ4n) is 2.99. The van der Waals surface area contributed by atoms with E-state index in [9.17, 15) is 9.59 Å². The van der Waals surface area contributed by atoms with Crippen LogP contribution in [0.25, 0.3) is 0 Å². The third kappa shape index (κ3) is 6.89. The molecule has 2 amide bonds. The Hall–Kier alpha value is -2.34. The van der Waals surface area contributed by atoms with E-state index in [1.54, 1.807) is 11.8 Å². The van der Waals surface area contributed by atoms with Crippen LogP contribution in [0.2, 0.25) is 0 Å². The minimum Gasteiger partial charge on any atom is -0.483 e. The van der Waals surface area contributed by atoms with Crippen LogP contribution in [-0.2, 0) is 16.1 Å². The van der Waals surface area contributed by atoms with Crippen LogP contribution >= 0.6 is 15.9 Å². The number of carbonyl (C=O) groups is 2. The van der Waals surface area contributed by atoms with Crippen molar-refractivity contribution in [3.8, 4) is 5.75 Å². The summed E-state index contributed by atoms with van der Waals surface area (Å²) >= 11 is 3.46. The molecule has 2 aromatic rings. The monoisotopic (exact) mass is 460 g/mol. The van der Waals surface area contributed by atoms with Crippen molar-refractivity contribution in [1.29, 1.82) is 0 Å². The molecule has 0 aliphatic heterocycles. The number of amides is 2. The summed E-state index contributed by atoms with van der Waals surface area (Å²) in [5.41, 5.74) is 3.05. The Bertz CT molecular complexity index is 854. The zero-order valence-corrected chi connectivity index (χ0v) is 19.1. The van der Waals surface area contributed by atoms with E-state index in [0.29, 0.717) is 18.8 Å². The summed E-state index contributed by atoms with van der Waals surface area (Å²) in [5, 5.41) is 2.87. The van der Waals surface area contributed by atoms with Gasteiger partial charge in [0.05, 0.1) is 0 Å². The number of nitrogens with one attached hydrogen (secondary N) is 1. The Morgan fingerprint density at radius 2 is 1.93 bits per heavy atom. The third-order valence-corrected chi connectivity index (χ3v) is 5.13. The van der Waals surface area contributed by atoms with Gasteiger partial charge in [-0.05, 0) is 56.5 Å². The van der Waals surface area contributed by atoms with Crippen molar-refractivity contribution in [2.75, 3.05) is 13.2 Å². The number of aryl methyl sites for hydroxylation is 2. The van der Waals surface area contributed by atoms with Crippen molar-refractivity contribution < 1.29 is 14.3 Å². The molecule has 0 bridgehead atoms. The molecule has 6 heteroatoms. The molecule has 0 saturated heterocycles. The summed E-state index contributed by atoms with van der Waals surface area (Å²) in [6, 6.07) is 13.0. The molecule has 5 nitrogen and oxygen atoms in total. The number of hydrogen-bond donors (Lipinski definition) is 1. The molecule has 0 aliphatic rings. The third-order valence-electron chi connectivity index (χ3n) is 4.64. The number of ether oxygens (including phenoxy) is 1. The Balaban J connectivity index is 2.15. The second-order valence-electron chi connectivity index (χ2n) is 7.18. The first kappa shape index (κ1) is 22.9. The number of nitrogens with zero attached hydrogens (tertiary/aromatic N) is 1. The first-order valence-electron chi connectivity index (χ1n) is 9.83. The number of carbonyl (C=O) groups excluding carboxylic acids is 2. The first-order valence-corrected chi connectivity index (χ1v) is 10.6. The average Bonchev–Trinajstić information content (AvgIpc) is 2.69. The minimum atomic E-state index is -0.601.